The van der Waals surface area contributed by atoms with Gasteiger partial charge in [0.25, 0.3) is 6.43 Å². The summed E-state index contributed by atoms with van der Waals surface area (Å²) in [6.45, 7) is 1.76. The van der Waals surface area contributed by atoms with Crippen LogP contribution in [0.15, 0.2) is 12.4 Å². The Hall–Kier alpha value is -0.970. The van der Waals surface area contributed by atoms with Crippen LogP contribution in [-0.2, 0) is 0 Å². The molecule has 2 rings (SSSR count). The van der Waals surface area contributed by atoms with Gasteiger partial charge in [-0.05, 0) is 13.0 Å². The maximum atomic E-state index is 12.2. The standard InChI is InChI=1S/C8H11F2N3/c9-8(10)6-3-12-13(5-6)7-1-2-11-4-7/h3,5,7-8,11H,1-2,4H2/t7-/m0/s1. The van der Waals surface area contributed by atoms with E-state index in [1.165, 1.54) is 12.4 Å². The molecule has 0 amide bonds. The van der Waals surface area contributed by atoms with E-state index in [-0.39, 0.29) is 11.6 Å². The van der Waals surface area contributed by atoms with Crippen LogP contribution in [0.4, 0.5) is 8.78 Å². The highest BCUT2D eigenvalue weighted by atomic mass is 19.3. The van der Waals surface area contributed by atoms with Gasteiger partial charge in [0, 0.05) is 12.7 Å². The van der Waals surface area contributed by atoms with E-state index in [1.54, 1.807) is 4.68 Å². The number of halogens is 2. The molecule has 1 aromatic heterocycles. The van der Waals surface area contributed by atoms with E-state index in [1.807, 2.05) is 0 Å². The molecule has 5 heteroatoms. The molecule has 0 spiro atoms. The third-order valence-electron chi connectivity index (χ3n) is 2.28. The van der Waals surface area contributed by atoms with Crippen molar-refractivity contribution in [2.75, 3.05) is 13.1 Å². The van der Waals surface area contributed by atoms with E-state index in [2.05, 4.69) is 10.4 Å². The number of nitrogens with one attached hydrogen (secondary N) is 1. The molecule has 1 saturated heterocycles. The molecule has 1 atom stereocenters. The Morgan fingerprint density at radius 1 is 1.62 bits per heavy atom. The summed E-state index contributed by atoms with van der Waals surface area (Å²) in [7, 11) is 0. The third-order valence-corrected chi connectivity index (χ3v) is 2.28. The summed E-state index contributed by atoms with van der Waals surface area (Å²) in [5.41, 5.74) is 0.00639. The second-order valence-electron chi connectivity index (χ2n) is 3.20. The minimum Gasteiger partial charge on any atom is -0.315 e. The predicted molar refractivity (Wildman–Crippen MR) is 43.7 cm³/mol. The van der Waals surface area contributed by atoms with Crippen molar-refractivity contribution in [3.63, 3.8) is 0 Å². The zero-order valence-electron chi connectivity index (χ0n) is 7.08. The molecule has 1 aliphatic rings. The second-order valence-corrected chi connectivity index (χ2v) is 3.20. The fourth-order valence-corrected chi connectivity index (χ4v) is 1.53. The van der Waals surface area contributed by atoms with Crippen molar-refractivity contribution >= 4 is 0 Å². The first-order valence-corrected chi connectivity index (χ1v) is 4.30. The number of nitrogens with zero attached hydrogens (tertiary/aromatic N) is 2. The van der Waals surface area contributed by atoms with E-state index in [9.17, 15) is 8.78 Å². The van der Waals surface area contributed by atoms with Gasteiger partial charge in [-0.15, -0.1) is 0 Å². The van der Waals surface area contributed by atoms with E-state index < -0.39 is 6.43 Å². The molecule has 2 heterocycles. The van der Waals surface area contributed by atoms with Gasteiger partial charge >= 0.3 is 0 Å². The van der Waals surface area contributed by atoms with E-state index in [0.29, 0.717) is 0 Å². The smallest absolute Gasteiger partial charge is 0.266 e. The number of aromatic nitrogens is 2. The molecule has 0 aromatic carbocycles. The zero-order chi connectivity index (χ0) is 9.26. The first-order chi connectivity index (χ1) is 6.27. The number of hydrogen-bond acceptors (Lipinski definition) is 2. The van der Waals surface area contributed by atoms with Crippen LogP contribution in [0.3, 0.4) is 0 Å². The Bertz CT molecular complexity index is 279. The SMILES string of the molecule is FC(F)c1cnn([C@H]2CCNC2)c1. The normalized spacial score (nSPS) is 22.8. The van der Waals surface area contributed by atoms with Gasteiger partial charge in [0.15, 0.2) is 0 Å². The molecular formula is C8H11F2N3. The Labute approximate surface area is 74.7 Å². The van der Waals surface area contributed by atoms with Crippen LogP contribution in [0.5, 0.6) is 0 Å². The minimum absolute atomic E-state index is 0.00639. The van der Waals surface area contributed by atoms with Gasteiger partial charge in [0.1, 0.15) is 0 Å². The number of rotatable bonds is 2. The lowest BCUT2D eigenvalue weighted by Gasteiger charge is -2.07. The van der Waals surface area contributed by atoms with Gasteiger partial charge in [-0.1, -0.05) is 0 Å². The second kappa shape index (κ2) is 3.41. The number of hydrogen-bond donors (Lipinski definition) is 1. The van der Waals surface area contributed by atoms with Gasteiger partial charge in [0.2, 0.25) is 0 Å². The fourth-order valence-electron chi connectivity index (χ4n) is 1.53. The summed E-state index contributed by atoms with van der Waals surface area (Å²) in [6, 6.07) is 0.243. The Balaban J connectivity index is 2.12. The van der Waals surface area contributed by atoms with Gasteiger partial charge in [-0.3, -0.25) is 4.68 Å². The molecule has 1 aliphatic heterocycles. The Morgan fingerprint density at radius 2 is 2.46 bits per heavy atom. The van der Waals surface area contributed by atoms with Crippen LogP contribution >= 0.6 is 0 Å². The molecule has 72 valence electrons. The van der Waals surface area contributed by atoms with E-state index >= 15 is 0 Å². The summed E-state index contributed by atoms with van der Waals surface area (Å²) in [5, 5.41) is 7.08. The average Bonchev–Trinajstić information content (AvgIpc) is 2.75. The Kier molecular flexibility index (Phi) is 2.26. The monoisotopic (exact) mass is 187 g/mol. The van der Waals surface area contributed by atoms with E-state index in [0.717, 1.165) is 19.5 Å². The topological polar surface area (TPSA) is 29.9 Å². The highest BCUT2D eigenvalue weighted by molar-refractivity contribution is 5.06. The van der Waals surface area contributed by atoms with Crippen molar-refractivity contribution in [1.82, 2.24) is 15.1 Å². The van der Waals surface area contributed by atoms with Crippen LogP contribution in [-0.4, -0.2) is 22.9 Å². The van der Waals surface area contributed by atoms with Gasteiger partial charge in [-0.25, -0.2) is 8.78 Å². The van der Waals surface area contributed by atoms with Crippen molar-refractivity contribution in [1.29, 1.82) is 0 Å². The largest absolute Gasteiger partial charge is 0.315 e. The lowest BCUT2D eigenvalue weighted by molar-refractivity contribution is 0.151. The highest BCUT2D eigenvalue weighted by Gasteiger charge is 2.18. The van der Waals surface area contributed by atoms with Gasteiger partial charge in [-0.2, -0.15) is 5.10 Å². The molecule has 0 saturated carbocycles. The molecule has 1 fully saturated rings. The molecule has 0 radical (unpaired) electrons. The fraction of sp³-hybridized carbons (Fsp3) is 0.625. The molecule has 1 N–H and O–H groups in total. The summed E-state index contributed by atoms with van der Waals surface area (Å²) in [4.78, 5) is 0. The van der Waals surface area contributed by atoms with Gasteiger partial charge < -0.3 is 5.32 Å². The maximum absolute atomic E-state index is 12.2. The summed E-state index contributed by atoms with van der Waals surface area (Å²) in [5.74, 6) is 0. The molecular weight excluding hydrogens is 176 g/mol. The molecule has 13 heavy (non-hydrogen) atoms. The quantitative estimate of drug-likeness (QED) is 0.757. The zero-order valence-corrected chi connectivity index (χ0v) is 7.08. The van der Waals surface area contributed by atoms with Crippen molar-refractivity contribution in [3.05, 3.63) is 18.0 Å². The summed E-state index contributed by atoms with van der Waals surface area (Å²) in [6.07, 6.45) is 1.22. The summed E-state index contributed by atoms with van der Waals surface area (Å²) < 4.78 is 26.0. The van der Waals surface area contributed by atoms with Crippen LogP contribution in [0.1, 0.15) is 24.5 Å². The first kappa shape index (κ1) is 8.62. The molecule has 0 bridgehead atoms. The lowest BCUT2D eigenvalue weighted by Crippen LogP contribution is -2.13. The van der Waals surface area contributed by atoms with Crippen molar-refractivity contribution < 1.29 is 8.78 Å². The van der Waals surface area contributed by atoms with Gasteiger partial charge in [0.05, 0.1) is 17.8 Å². The van der Waals surface area contributed by atoms with Crippen molar-refractivity contribution in [2.24, 2.45) is 0 Å². The molecule has 3 nitrogen and oxygen atoms in total. The van der Waals surface area contributed by atoms with Crippen LogP contribution in [0, 0.1) is 0 Å². The molecule has 0 aliphatic carbocycles. The maximum Gasteiger partial charge on any atom is 0.266 e. The highest BCUT2D eigenvalue weighted by Crippen LogP contribution is 2.20. The molecule has 1 aromatic rings. The Morgan fingerprint density at radius 3 is 3.00 bits per heavy atom. The van der Waals surface area contributed by atoms with Crippen LogP contribution in [0.25, 0.3) is 0 Å². The summed E-state index contributed by atoms with van der Waals surface area (Å²) >= 11 is 0. The lowest BCUT2D eigenvalue weighted by atomic mass is 10.3. The third kappa shape index (κ3) is 1.70. The van der Waals surface area contributed by atoms with Crippen molar-refractivity contribution in [2.45, 2.75) is 18.9 Å². The van der Waals surface area contributed by atoms with E-state index in [4.69, 9.17) is 0 Å². The molecule has 0 unspecified atom stereocenters. The number of alkyl halides is 2. The first-order valence-electron chi connectivity index (χ1n) is 4.30. The van der Waals surface area contributed by atoms with Crippen LogP contribution in [0.2, 0.25) is 0 Å². The predicted octanol–water partition coefficient (Wildman–Crippen LogP) is 1.36. The minimum atomic E-state index is -2.41. The van der Waals surface area contributed by atoms with Crippen molar-refractivity contribution in [3.8, 4) is 0 Å². The average molecular weight is 187 g/mol. The van der Waals surface area contributed by atoms with Crippen LogP contribution < -0.4 is 5.32 Å².